The van der Waals surface area contributed by atoms with Crippen LogP contribution in [0, 0.1) is 7.43 Å². The smallest absolute Gasteiger partial charge is 0.416 e. The van der Waals surface area contributed by atoms with Gasteiger partial charge in [-0.2, -0.15) is 13.2 Å². The van der Waals surface area contributed by atoms with Gasteiger partial charge in [-0.25, -0.2) is 8.42 Å². The Morgan fingerprint density at radius 3 is 1.91 bits per heavy atom. The van der Waals surface area contributed by atoms with Gasteiger partial charge in [0.2, 0.25) is 0 Å². The summed E-state index contributed by atoms with van der Waals surface area (Å²) >= 11 is 1.82. The maximum absolute atomic E-state index is 12.9. The minimum absolute atomic E-state index is 0. The SMILES string of the molecule is [CH3-].[Cl][Ru+3].[NH-]C(c1ccccc1)C([N-]S(=O)(=O)Cc1cccc(C(F)(F)F)c1)c1ccccc1. The molecule has 3 rings (SSSR count). The summed E-state index contributed by atoms with van der Waals surface area (Å²) in [6.45, 7) is 0. The first-order valence-corrected chi connectivity index (χ1v) is 13.1. The molecule has 33 heavy (non-hydrogen) atoms. The third kappa shape index (κ3) is 8.83. The van der Waals surface area contributed by atoms with Gasteiger partial charge >= 0.3 is 33.2 Å². The zero-order chi connectivity index (χ0) is 23.8. The van der Waals surface area contributed by atoms with E-state index in [1.54, 1.807) is 60.7 Å². The minimum atomic E-state index is -4.57. The standard InChI is InChI=1S/C22H19F3N2O2S.CH3.ClH.Ru/c23-22(24,25)19-13-7-8-16(14-19)15-30(28,29)27-21(18-11-5-2-6-12-18)20(26)17-9-3-1-4-10-17;;;/h1-14,20-21,26H,15H2;1H3;1H;/q-2;-1;;+4/p-1. The van der Waals surface area contributed by atoms with Crippen molar-refractivity contribution < 1.29 is 38.9 Å². The van der Waals surface area contributed by atoms with E-state index in [0.29, 0.717) is 11.1 Å². The number of sulfonamides is 1. The number of hydrogen-bond donors (Lipinski definition) is 0. The fraction of sp³-hybridized carbons (Fsp3) is 0.174. The van der Waals surface area contributed by atoms with Crippen molar-refractivity contribution in [1.82, 2.24) is 0 Å². The molecular weight excluding hydrogens is 562 g/mol. The second-order valence-corrected chi connectivity index (χ2v) is 8.44. The van der Waals surface area contributed by atoms with Crippen molar-refractivity contribution in [3.05, 3.63) is 125 Å². The van der Waals surface area contributed by atoms with Gasteiger partial charge in [0, 0.05) is 0 Å². The number of rotatable bonds is 7. The molecule has 178 valence electrons. The van der Waals surface area contributed by atoms with E-state index in [4.69, 9.17) is 5.73 Å². The summed E-state index contributed by atoms with van der Waals surface area (Å²) in [7, 11) is 0.409. The van der Waals surface area contributed by atoms with Crippen molar-refractivity contribution in [2.45, 2.75) is 24.0 Å². The molecule has 0 aromatic heterocycles. The molecule has 0 aliphatic heterocycles. The molecule has 0 aliphatic rings. The second-order valence-electron chi connectivity index (χ2n) is 6.77. The normalized spacial score (nSPS) is 13.1. The summed E-state index contributed by atoms with van der Waals surface area (Å²) in [4.78, 5) is 0. The van der Waals surface area contributed by atoms with Crippen LogP contribution < -0.4 is 0 Å². The molecular formula is C23H22ClF3N2O2RuS. The van der Waals surface area contributed by atoms with Gasteiger partial charge in [0.15, 0.2) is 0 Å². The van der Waals surface area contributed by atoms with E-state index in [1.807, 2.05) is 17.3 Å². The number of halogens is 4. The number of hydrogen-bond acceptors (Lipinski definition) is 2. The molecule has 3 aromatic rings. The van der Waals surface area contributed by atoms with Crippen molar-refractivity contribution >= 4 is 19.7 Å². The largest absolute Gasteiger partial charge is 0.672 e. The third-order valence-electron chi connectivity index (χ3n) is 4.49. The van der Waals surface area contributed by atoms with Crippen LogP contribution in [0.5, 0.6) is 0 Å². The minimum Gasteiger partial charge on any atom is -0.672 e. The molecule has 4 nitrogen and oxygen atoms in total. The Balaban J connectivity index is 0.00000177. The molecule has 0 aliphatic carbocycles. The number of nitrogens with zero attached hydrogens (tertiary/aromatic N) is 1. The molecule has 0 amide bonds. The van der Waals surface area contributed by atoms with Crippen LogP contribution in [0.3, 0.4) is 0 Å². The van der Waals surface area contributed by atoms with Gasteiger partial charge in [-0.1, -0.05) is 90.0 Å². The average Bonchev–Trinajstić information content (AvgIpc) is 2.79. The Kier molecular flexibility index (Phi) is 11.7. The number of alkyl halides is 3. The van der Waals surface area contributed by atoms with Gasteiger partial charge < -0.3 is 17.9 Å². The van der Waals surface area contributed by atoms with Crippen molar-refractivity contribution in [3.8, 4) is 0 Å². The first kappa shape index (κ1) is 29.3. The van der Waals surface area contributed by atoms with Crippen LogP contribution in [0.2, 0.25) is 0 Å². The van der Waals surface area contributed by atoms with Gasteiger partial charge in [-0.05, 0) is 11.6 Å². The number of nitrogens with one attached hydrogen (secondary N) is 1. The summed E-state index contributed by atoms with van der Waals surface area (Å²) in [6, 6.07) is 19.4. The zero-order valence-corrected chi connectivity index (χ0v) is 20.8. The molecule has 2 atom stereocenters. The molecule has 3 aromatic carbocycles. The van der Waals surface area contributed by atoms with Crippen molar-refractivity contribution in [1.29, 1.82) is 0 Å². The molecule has 0 saturated carbocycles. The number of benzene rings is 3. The topological polar surface area (TPSA) is 72.0 Å². The first-order valence-electron chi connectivity index (χ1n) is 9.21. The van der Waals surface area contributed by atoms with Crippen molar-refractivity contribution in [2.75, 3.05) is 0 Å². The third-order valence-corrected chi connectivity index (χ3v) is 5.74. The molecule has 0 bridgehead atoms. The van der Waals surface area contributed by atoms with Crippen LogP contribution >= 0.6 is 9.69 Å². The van der Waals surface area contributed by atoms with E-state index in [2.05, 4.69) is 14.4 Å². The Labute approximate surface area is 207 Å². The summed E-state index contributed by atoms with van der Waals surface area (Å²) < 4.78 is 68.2. The van der Waals surface area contributed by atoms with Gasteiger partial charge in [0.25, 0.3) is 0 Å². The van der Waals surface area contributed by atoms with Gasteiger partial charge in [-0.15, -0.1) is 12.1 Å². The van der Waals surface area contributed by atoms with Gasteiger partial charge in [0.05, 0.1) is 21.3 Å². The fourth-order valence-electron chi connectivity index (χ4n) is 3.07. The Morgan fingerprint density at radius 1 is 0.879 bits per heavy atom. The summed E-state index contributed by atoms with van der Waals surface area (Å²) in [6.07, 6.45) is -4.57. The van der Waals surface area contributed by atoms with Gasteiger partial charge in [-0.3, -0.25) is 0 Å². The molecule has 0 heterocycles. The quantitative estimate of drug-likeness (QED) is 0.212. The zero-order valence-electron chi connectivity index (χ0n) is 17.5. The maximum atomic E-state index is 12.9. The van der Waals surface area contributed by atoms with E-state index in [-0.39, 0.29) is 13.0 Å². The summed E-state index contributed by atoms with van der Waals surface area (Å²) in [5, 5.41) is 0. The second kappa shape index (κ2) is 13.2. The molecule has 0 saturated heterocycles. The predicted octanol–water partition coefficient (Wildman–Crippen LogP) is 7.58. The van der Waals surface area contributed by atoms with E-state index >= 15 is 0 Å². The molecule has 0 radical (unpaired) electrons. The van der Waals surface area contributed by atoms with Gasteiger partial charge in [0.1, 0.15) is 0 Å². The Bertz CT molecular complexity index is 1090. The van der Waals surface area contributed by atoms with Crippen LogP contribution in [0.25, 0.3) is 10.5 Å². The monoisotopic (exact) mass is 584 g/mol. The van der Waals surface area contributed by atoms with E-state index in [9.17, 15) is 21.6 Å². The molecule has 10 heteroatoms. The summed E-state index contributed by atoms with van der Waals surface area (Å²) in [5.74, 6) is -0.679. The van der Waals surface area contributed by atoms with Crippen LogP contribution in [-0.4, -0.2) is 8.42 Å². The average molecular weight is 584 g/mol. The van der Waals surface area contributed by atoms with Crippen molar-refractivity contribution in [2.24, 2.45) is 0 Å². The van der Waals surface area contributed by atoms with Crippen LogP contribution in [0.1, 0.15) is 34.3 Å². The molecule has 0 spiro atoms. The van der Waals surface area contributed by atoms with E-state index in [1.165, 1.54) is 12.1 Å². The van der Waals surface area contributed by atoms with E-state index in [0.717, 1.165) is 12.1 Å². The Morgan fingerprint density at radius 2 is 1.39 bits per heavy atom. The Hall–Kier alpha value is -1.77. The van der Waals surface area contributed by atoms with Crippen LogP contribution in [-0.2, 0) is 39.3 Å². The summed E-state index contributed by atoms with van der Waals surface area (Å²) in [5.41, 5.74) is 8.77. The van der Waals surface area contributed by atoms with E-state index < -0.39 is 39.6 Å². The van der Waals surface area contributed by atoms with Crippen molar-refractivity contribution in [3.63, 3.8) is 0 Å². The molecule has 1 N–H and O–H groups in total. The predicted molar refractivity (Wildman–Crippen MR) is 122 cm³/mol. The van der Waals surface area contributed by atoms with Crippen LogP contribution in [0.4, 0.5) is 13.2 Å². The molecule has 0 fully saturated rings. The first-order chi connectivity index (χ1) is 15.2. The maximum Gasteiger partial charge on any atom is 0.416 e. The molecule has 2 unspecified atom stereocenters. The fourth-order valence-corrected chi connectivity index (χ4v) is 4.33. The van der Waals surface area contributed by atoms with Crippen LogP contribution in [0.15, 0.2) is 84.9 Å².